The van der Waals surface area contributed by atoms with Crippen LogP contribution in [0.15, 0.2) is 42.5 Å². The van der Waals surface area contributed by atoms with Crippen LogP contribution in [0.25, 0.3) is 5.57 Å². The number of hydrogen-bond donors (Lipinski definition) is 3. The van der Waals surface area contributed by atoms with Crippen LogP contribution in [0.3, 0.4) is 0 Å². The highest BCUT2D eigenvalue weighted by molar-refractivity contribution is 5.72. The highest BCUT2D eigenvalue weighted by atomic mass is 16.3. The molecule has 1 aliphatic rings. The van der Waals surface area contributed by atoms with E-state index in [9.17, 15) is 15.3 Å². The molecule has 2 atom stereocenters. The molecule has 1 aromatic carbocycles. The van der Waals surface area contributed by atoms with E-state index in [1.165, 1.54) is 6.08 Å². The molecule has 2 rings (SSSR count). The molecule has 0 aliphatic heterocycles. The van der Waals surface area contributed by atoms with E-state index in [2.05, 4.69) is 0 Å². The van der Waals surface area contributed by atoms with Gasteiger partial charge in [-0.1, -0.05) is 30.4 Å². The number of phenolic OH excluding ortho intramolecular Hbond substituents is 1. The molecule has 1 aromatic rings. The molecule has 0 saturated carbocycles. The van der Waals surface area contributed by atoms with E-state index in [1.807, 2.05) is 0 Å². The van der Waals surface area contributed by atoms with Gasteiger partial charge in [0.15, 0.2) is 0 Å². The van der Waals surface area contributed by atoms with Gasteiger partial charge in [-0.2, -0.15) is 0 Å². The van der Waals surface area contributed by atoms with Gasteiger partial charge in [0, 0.05) is 0 Å². The van der Waals surface area contributed by atoms with Crippen molar-refractivity contribution in [3.05, 3.63) is 48.1 Å². The number of aromatic hydroxyl groups is 1. The van der Waals surface area contributed by atoms with Gasteiger partial charge in [0.25, 0.3) is 0 Å². The molecule has 3 N–H and O–H groups in total. The summed E-state index contributed by atoms with van der Waals surface area (Å²) < 4.78 is 0. The van der Waals surface area contributed by atoms with Crippen molar-refractivity contribution in [1.29, 1.82) is 0 Å². The molecule has 0 radical (unpaired) electrons. The largest absolute Gasteiger partial charge is 0.508 e. The Hall–Kier alpha value is -1.58. The maximum Gasteiger partial charge on any atom is 0.116 e. The first-order chi connectivity index (χ1) is 7.18. The van der Waals surface area contributed by atoms with Crippen LogP contribution in [0.1, 0.15) is 5.56 Å². The molecular formula is C12H12O3. The smallest absolute Gasteiger partial charge is 0.116 e. The van der Waals surface area contributed by atoms with E-state index in [0.29, 0.717) is 11.1 Å². The van der Waals surface area contributed by atoms with Gasteiger partial charge < -0.3 is 15.3 Å². The minimum atomic E-state index is -0.934. The second-order valence-electron chi connectivity index (χ2n) is 3.49. The third-order valence-electron chi connectivity index (χ3n) is 2.41. The van der Waals surface area contributed by atoms with Crippen molar-refractivity contribution in [2.75, 3.05) is 0 Å². The quantitative estimate of drug-likeness (QED) is 0.641. The molecule has 78 valence electrons. The van der Waals surface area contributed by atoms with Crippen molar-refractivity contribution in [1.82, 2.24) is 0 Å². The number of allylic oxidation sites excluding steroid dienone is 2. The minimum absolute atomic E-state index is 0.143. The molecule has 0 fully saturated rings. The van der Waals surface area contributed by atoms with Crippen molar-refractivity contribution >= 4 is 5.57 Å². The zero-order valence-corrected chi connectivity index (χ0v) is 8.04. The zero-order chi connectivity index (χ0) is 10.8. The molecule has 0 amide bonds. The molecule has 0 aromatic heterocycles. The standard InChI is InChI=1S/C12H12O3/c13-9-4-1-3-8(7-9)10-5-2-6-11(14)12(10)15/h1-7,11-15H/t11-,12+/m0/s1. The summed E-state index contributed by atoms with van der Waals surface area (Å²) in [6, 6.07) is 6.59. The first kappa shape index (κ1) is 9.96. The second-order valence-corrected chi connectivity index (χ2v) is 3.49. The Morgan fingerprint density at radius 2 is 1.93 bits per heavy atom. The zero-order valence-electron chi connectivity index (χ0n) is 8.04. The van der Waals surface area contributed by atoms with Gasteiger partial charge in [0.1, 0.15) is 18.0 Å². The highest BCUT2D eigenvalue weighted by Gasteiger charge is 2.21. The Bertz CT molecular complexity index is 421. The summed E-state index contributed by atoms with van der Waals surface area (Å²) in [5.74, 6) is 0.143. The molecule has 3 heteroatoms. The Labute approximate surface area is 87.6 Å². The summed E-state index contributed by atoms with van der Waals surface area (Å²) in [5.41, 5.74) is 1.33. The van der Waals surface area contributed by atoms with Crippen molar-refractivity contribution in [2.45, 2.75) is 12.2 Å². The number of benzene rings is 1. The van der Waals surface area contributed by atoms with Gasteiger partial charge in [-0.05, 0) is 23.3 Å². The average Bonchev–Trinajstić information content (AvgIpc) is 2.22. The fourth-order valence-corrected chi connectivity index (χ4v) is 1.61. The third kappa shape index (κ3) is 1.93. The second kappa shape index (κ2) is 3.88. The summed E-state index contributed by atoms with van der Waals surface area (Å²) >= 11 is 0. The molecule has 0 heterocycles. The van der Waals surface area contributed by atoms with Crippen LogP contribution < -0.4 is 0 Å². The van der Waals surface area contributed by atoms with E-state index >= 15 is 0 Å². The number of rotatable bonds is 1. The van der Waals surface area contributed by atoms with Gasteiger partial charge >= 0.3 is 0 Å². The van der Waals surface area contributed by atoms with Crippen LogP contribution in [0.4, 0.5) is 0 Å². The van der Waals surface area contributed by atoms with E-state index in [1.54, 1.807) is 36.4 Å². The van der Waals surface area contributed by atoms with E-state index in [0.717, 1.165) is 0 Å². The topological polar surface area (TPSA) is 60.7 Å². The van der Waals surface area contributed by atoms with Gasteiger partial charge in [0.05, 0.1) is 0 Å². The Morgan fingerprint density at radius 1 is 1.13 bits per heavy atom. The van der Waals surface area contributed by atoms with Gasteiger partial charge in [0.2, 0.25) is 0 Å². The Balaban J connectivity index is 2.39. The molecule has 0 saturated heterocycles. The number of phenols is 1. The Morgan fingerprint density at radius 3 is 2.67 bits per heavy atom. The Kier molecular flexibility index (Phi) is 2.58. The lowest BCUT2D eigenvalue weighted by molar-refractivity contribution is 0.0859. The molecule has 1 aliphatic carbocycles. The van der Waals surface area contributed by atoms with Crippen LogP contribution in [0.2, 0.25) is 0 Å². The van der Waals surface area contributed by atoms with E-state index < -0.39 is 12.2 Å². The van der Waals surface area contributed by atoms with Crippen molar-refractivity contribution in [3.8, 4) is 5.75 Å². The van der Waals surface area contributed by atoms with Crippen LogP contribution in [0, 0.1) is 0 Å². The first-order valence-corrected chi connectivity index (χ1v) is 4.72. The lowest BCUT2D eigenvalue weighted by Gasteiger charge is -2.21. The monoisotopic (exact) mass is 204 g/mol. The van der Waals surface area contributed by atoms with Crippen LogP contribution in [0.5, 0.6) is 5.75 Å². The van der Waals surface area contributed by atoms with Crippen LogP contribution in [-0.4, -0.2) is 27.5 Å². The molecule has 15 heavy (non-hydrogen) atoms. The lowest BCUT2D eigenvalue weighted by atomic mass is 9.93. The SMILES string of the molecule is Oc1cccc(C2=CC=C[C@H](O)[C@@H]2O)c1. The fraction of sp³-hybridized carbons (Fsp3) is 0.167. The van der Waals surface area contributed by atoms with Crippen molar-refractivity contribution < 1.29 is 15.3 Å². The summed E-state index contributed by atoms with van der Waals surface area (Å²) in [6.45, 7) is 0. The maximum absolute atomic E-state index is 9.73. The van der Waals surface area contributed by atoms with Crippen LogP contribution >= 0.6 is 0 Å². The highest BCUT2D eigenvalue weighted by Crippen LogP contribution is 2.26. The third-order valence-corrected chi connectivity index (χ3v) is 2.41. The molecule has 0 unspecified atom stereocenters. The normalized spacial score (nSPS) is 25.1. The predicted octanol–water partition coefficient (Wildman–Crippen LogP) is 1.07. The average molecular weight is 204 g/mol. The maximum atomic E-state index is 9.73. The lowest BCUT2D eigenvalue weighted by Crippen LogP contribution is -2.26. The molecular weight excluding hydrogens is 192 g/mol. The van der Waals surface area contributed by atoms with Crippen LogP contribution in [-0.2, 0) is 0 Å². The van der Waals surface area contributed by atoms with E-state index in [4.69, 9.17) is 0 Å². The predicted molar refractivity (Wildman–Crippen MR) is 57.2 cm³/mol. The summed E-state index contributed by atoms with van der Waals surface area (Å²) in [4.78, 5) is 0. The van der Waals surface area contributed by atoms with Gasteiger partial charge in [-0.15, -0.1) is 0 Å². The molecule has 0 bridgehead atoms. The fourth-order valence-electron chi connectivity index (χ4n) is 1.61. The first-order valence-electron chi connectivity index (χ1n) is 4.72. The number of hydrogen-bond acceptors (Lipinski definition) is 3. The minimum Gasteiger partial charge on any atom is -0.508 e. The van der Waals surface area contributed by atoms with Gasteiger partial charge in [-0.3, -0.25) is 0 Å². The number of aliphatic hydroxyl groups excluding tert-OH is 2. The summed E-state index contributed by atoms with van der Waals surface area (Å²) in [6.07, 6.45) is 3.13. The number of aliphatic hydroxyl groups is 2. The van der Waals surface area contributed by atoms with Crippen molar-refractivity contribution in [3.63, 3.8) is 0 Å². The molecule has 0 spiro atoms. The van der Waals surface area contributed by atoms with Gasteiger partial charge in [-0.25, -0.2) is 0 Å². The van der Waals surface area contributed by atoms with E-state index in [-0.39, 0.29) is 5.75 Å². The summed E-state index contributed by atoms with van der Waals surface area (Å²) in [5, 5.41) is 28.5. The van der Waals surface area contributed by atoms with Crippen molar-refractivity contribution in [2.24, 2.45) is 0 Å². The summed E-state index contributed by atoms with van der Waals surface area (Å²) in [7, 11) is 0. The molecule has 3 nitrogen and oxygen atoms in total.